The number of anilines is 1. The Hall–Kier alpha value is -2.78. The van der Waals surface area contributed by atoms with E-state index in [-0.39, 0.29) is 48.0 Å². The number of ether oxygens (including phenoxy) is 1. The van der Waals surface area contributed by atoms with Gasteiger partial charge in [-0.15, -0.1) is 0 Å². The summed E-state index contributed by atoms with van der Waals surface area (Å²) in [5.41, 5.74) is 0.617. The molecule has 1 saturated heterocycles. The Morgan fingerprint density at radius 3 is 2.67 bits per heavy atom. The van der Waals surface area contributed by atoms with Crippen molar-refractivity contribution in [1.29, 1.82) is 0 Å². The van der Waals surface area contributed by atoms with E-state index in [4.69, 9.17) is 27.9 Å². The van der Waals surface area contributed by atoms with Gasteiger partial charge < -0.3 is 25.2 Å². The number of nitrogens with zero attached hydrogens (tertiary/aromatic N) is 2. The molecule has 0 unspecified atom stereocenters. The highest BCUT2D eigenvalue weighted by Gasteiger charge is 2.33. The van der Waals surface area contributed by atoms with Crippen molar-refractivity contribution in [2.24, 2.45) is 0 Å². The lowest BCUT2D eigenvalue weighted by Crippen LogP contribution is -2.43. The molecule has 2 aromatic rings. The molecular weight excluding hydrogens is 476 g/mol. The molecule has 0 spiro atoms. The zero-order chi connectivity index (χ0) is 23.6. The van der Waals surface area contributed by atoms with Crippen LogP contribution in [0, 0.1) is 5.95 Å². The number of aliphatic carboxylic acids is 1. The lowest BCUT2D eigenvalue weighted by atomic mass is 10.0. The summed E-state index contributed by atoms with van der Waals surface area (Å²) in [5, 5.41) is 21.2. The molecule has 1 amide bonds. The van der Waals surface area contributed by atoms with Crippen LogP contribution < -0.4 is 10.1 Å². The molecule has 3 N–H and O–H groups in total. The van der Waals surface area contributed by atoms with E-state index in [0.717, 1.165) is 0 Å². The summed E-state index contributed by atoms with van der Waals surface area (Å²) < 4.78 is 20.0. The van der Waals surface area contributed by atoms with Gasteiger partial charge in [-0.25, -0.2) is 4.79 Å². The predicted molar refractivity (Wildman–Crippen MR) is 124 cm³/mol. The number of likely N-dealkylation sites (tertiary alicyclic amines) is 1. The second-order valence-corrected chi connectivity index (χ2v) is 8.38. The van der Waals surface area contributed by atoms with Gasteiger partial charge in [0.1, 0.15) is 27.6 Å². The number of hydrogen-bond acceptors (Lipinski definition) is 6. The summed E-state index contributed by atoms with van der Waals surface area (Å²) >= 11 is 12.3. The molecule has 8 nitrogen and oxygen atoms in total. The van der Waals surface area contributed by atoms with Crippen molar-refractivity contribution in [3.05, 3.63) is 39.8 Å². The van der Waals surface area contributed by atoms with Gasteiger partial charge in [-0.3, -0.25) is 4.79 Å². The Bertz CT molecular complexity index is 1050. The Morgan fingerprint density at radius 2 is 2.03 bits per heavy atom. The molecular formula is C22H26Cl2FN3O5. The van der Waals surface area contributed by atoms with Gasteiger partial charge in [-0.2, -0.15) is 9.37 Å². The maximum atomic E-state index is 14.4. The maximum absolute atomic E-state index is 14.4. The fraction of sp³-hybridized carbons (Fsp3) is 0.409. The van der Waals surface area contributed by atoms with Crippen LogP contribution >= 0.6 is 23.2 Å². The summed E-state index contributed by atoms with van der Waals surface area (Å²) in [6, 6.07) is 3.61. The molecule has 0 saturated carbocycles. The number of hydrogen-bond donors (Lipinski definition) is 3. The van der Waals surface area contributed by atoms with Crippen LogP contribution in [0.1, 0.15) is 45.6 Å². The largest absolute Gasteiger partial charge is 0.508 e. The topological polar surface area (TPSA) is 112 Å². The number of carboxylic acid groups (broad SMARTS) is 1. The van der Waals surface area contributed by atoms with E-state index in [2.05, 4.69) is 10.3 Å². The van der Waals surface area contributed by atoms with Crippen molar-refractivity contribution in [3.8, 4) is 17.2 Å². The Labute approximate surface area is 201 Å². The molecule has 1 aliphatic rings. The number of carbonyl (C=O) groups excluding carboxylic acids is 1. The predicted octanol–water partition coefficient (Wildman–Crippen LogP) is 5.27. The van der Waals surface area contributed by atoms with Crippen LogP contribution in [0.2, 0.25) is 10.0 Å². The first-order valence-electron chi connectivity index (χ1n) is 9.91. The van der Waals surface area contributed by atoms with E-state index in [1.54, 1.807) is 6.07 Å². The average molecular weight is 502 g/mol. The van der Waals surface area contributed by atoms with Crippen LogP contribution in [-0.4, -0.2) is 51.1 Å². The number of phenolic OH excluding ortho intramolecular Hbond substituents is 1. The van der Waals surface area contributed by atoms with E-state index in [1.165, 1.54) is 17.0 Å². The molecule has 0 aliphatic carbocycles. The van der Waals surface area contributed by atoms with E-state index >= 15 is 0 Å². The van der Waals surface area contributed by atoms with Gasteiger partial charge in [-0.05, 0) is 37.0 Å². The zero-order valence-electron chi connectivity index (χ0n) is 17.4. The van der Waals surface area contributed by atoms with Crippen LogP contribution in [0.15, 0.2) is 18.2 Å². The normalized spacial score (nSPS) is 15.3. The van der Waals surface area contributed by atoms with Gasteiger partial charge in [0.25, 0.3) is 0 Å². The number of carbonyl (C=O) groups is 2. The lowest BCUT2D eigenvalue weighted by Gasteiger charge is -2.22. The highest BCUT2D eigenvalue weighted by atomic mass is 35.5. The van der Waals surface area contributed by atoms with Crippen molar-refractivity contribution in [2.75, 3.05) is 18.4 Å². The standard InChI is InChI=1S/C21H22Cl2FN3O5.CH4/c1-10(2)12-8-11(5-6-14(12)28)32-18-16(22)19(24)26-20(17(18)23)25-9-15(29)27-7-3-4-13(27)21(30)31;/h5-6,8,10,13,28H,3-4,7,9H2,1-2H3,(H,25,26)(H,30,31);1H4/t13-;/m0./s1. The second kappa shape index (κ2) is 10.9. The minimum atomic E-state index is -1.07. The van der Waals surface area contributed by atoms with Gasteiger partial charge >= 0.3 is 5.97 Å². The van der Waals surface area contributed by atoms with E-state index in [0.29, 0.717) is 24.9 Å². The van der Waals surface area contributed by atoms with E-state index in [9.17, 15) is 24.2 Å². The first-order chi connectivity index (χ1) is 15.1. The molecule has 33 heavy (non-hydrogen) atoms. The highest BCUT2D eigenvalue weighted by Crippen LogP contribution is 2.42. The summed E-state index contributed by atoms with van der Waals surface area (Å²) in [7, 11) is 0. The van der Waals surface area contributed by atoms with Crippen molar-refractivity contribution >= 4 is 40.9 Å². The number of phenols is 1. The summed E-state index contributed by atoms with van der Waals surface area (Å²) in [6.45, 7) is 3.76. The number of carboxylic acids is 1. The number of aromatic nitrogens is 1. The third-order valence-electron chi connectivity index (χ3n) is 5.10. The molecule has 0 radical (unpaired) electrons. The maximum Gasteiger partial charge on any atom is 0.326 e. The van der Waals surface area contributed by atoms with Gasteiger partial charge in [0.05, 0.1) is 6.54 Å². The molecule has 1 fully saturated rings. The van der Waals surface area contributed by atoms with Gasteiger partial charge in [0.2, 0.25) is 11.9 Å². The van der Waals surface area contributed by atoms with Crippen LogP contribution in [0.25, 0.3) is 0 Å². The zero-order valence-corrected chi connectivity index (χ0v) is 18.9. The Morgan fingerprint density at radius 1 is 1.33 bits per heavy atom. The SMILES string of the molecule is C.CC(C)c1cc(Oc2c(Cl)c(F)nc(NCC(=O)N3CCC[C@H]3C(=O)O)c2Cl)ccc1O. The first-order valence-corrected chi connectivity index (χ1v) is 10.7. The molecule has 1 aromatic carbocycles. The molecule has 2 heterocycles. The highest BCUT2D eigenvalue weighted by molar-refractivity contribution is 6.38. The van der Waals surface area contributed by atoms with E-state index in [1.807, 2.05) is 13.8 Å². The minimum absolute atomic E-state index is 0. The number of aromatic hydroxyl groups is 1. The van der Waals surface area contributed by atoms with Gasteiger partial charge in [0.15, 0.2) is 11.6 Å². The van der Waals surface area contributed by atoms with Crippen LogP contribution in [0.4, 0.5) is 10.2 Å². The van der Waals surface area contributed by atoms with Crippen molar-refractivity contribution in [1.82, 2.24) is 9.88 Å². The summed E-state index contributed by atoms with van der Waals surface area (Å²) in [5.74, 6) is -2.64. The fourth-order valence-corrected chi connectivity index (χ4v) is 3.93. The first kappa shape index (κ1) is 26.5. The molecule has 3 rings (SSSR count). The number of amides is 1. The van der Waals surface area contributed by atoms with Crippen molar-refractivity contribution < 1.29 is 28.9 Å². The smallest absolute Gasteiger partial charge is 0.326 e. The van der Waals surface area contributed by atoms with Crippen molar-refractivity contribution in [3.63, 3.8) is 0 Å². The average Bonchev–Trinajstić information content (AvgIpc) is 3.24. The second-order valence-electron chi connectivity index (χ2n) is 7.62. The Kier molecular flexibility index (Phi) is 8.74. The number of halogens is 3. The van der Waals surface area contributed by atoms with Crippen LogP contribution in [0.5, 0.6) is 17.2 Å². The minimum Gasteiger partial charge on any atom is -0.508 e. The van der Waals surface area contributed by atoms with Crippen LogP contribution in [0.3, 0.4) is 0 Å². The molecule has 1 aromatic heterocycles. The number of nitrogens with one attached hydrogen (secondary N) is 1. The molecule has 180 valence electrons. The fourth-order valence-electron chi connectivity index (χ4n) is 3.46. The lowest BCUT2D eigenvalue weighted by molar-refractivity contribution is -0.147. The molecule has 1 atom stereocenters. The Balaban J connectivity index is 0.00000385. The molecule has 1 aliphatic heterocycles. The quantitative estimate of drug-likeness (QED) is 0.442. The summed E-state index contributed by atoms with van der Waals surface area (Å²) in [6.07, 6.45) is 0.957. The third kappa shape index (κ3) is 5.78. The molecule has 0 bridgehead atoms. The number of rotatable bonds is 7. The number of pyridine rings is 1. The van der Waals surface area contributed by atoms with Crippen molar-refractivity contribution in [2.45, 2.75) is 46.1 Å². The third-order valence-corrected chi connectivity index (χ3v) is 5.78. The number of benzene rings is 1. The van der Waals surface area contributed by atoms with Crippen LogP contribution in [-0.2, 0) is 9.59 Å². The van der Waals surface area contributed by atoms with Gasteiger partial charge in [0, 0.05) is 12.1 Å². The van der Waals surface area contributed by atoms with Gasteiger partial charge in [-0.1, -0.05) is 44.5 Å². The molecule has 11 heteroatoms. The summed E-state index contributed by atoms with van der Waals surface area (Å²) in [4.78, 5) is 28.6. The monoisotopic (exact) mass is 501 g/mol. The van der Waals surface area contributed by atoms with E-state index < -0.39 is 28.9 Å².